The van der Waals surface area contributed by atoms with Crippen molar-refractivity contribution >= 4 is 33.4 Å². The van der Waals surface area contributed by atoms with Gasteiger partial charge in [-0.3, -0.25) is 9.69 Å². The Balaban J connectivity index is 1.55. The number of ether oxygens (including phenoxy) is 1. The van der Waals surface area contributed by atoms with Crippen molar-refractivity contribution in [1.82, 2.24) is 4.90 Å². The number of benzene rings is 2. The van der Waals surface area contributed by atoms with E-state index in [0.29, 0.717) is 6.54 Å². The number of hydrogen-bond acceptors (Lipinski definition) is 7. The summed E-state index contributed by atoms with van der Waals surface area (Å²) in [5.41, 5.74) is 7.82. The Morgan fingerprint density at radius 1 is 1.22 bits per heavy atom. The number of carbonyl (C=O) groups is 1. The molecule has 32 heavy (non-hydrogen) atoms. The number of thioether (sulfide) groups is 1. The van der Waals surface area contributed by atoms with Gasteiger partial charge in [0.15, 0.2) is 0 Å². The zero-order chi connectivity index (χ0) is 22.9. The van der Waals surface area contributed by atoms with Gasteiger partial charge in [-0.2, -0.15) is 0 Å². The molecule has 2 aliphatic heterocycles. The Hall–Kier alpha value is -2.27. The van der Waals surface area contributed by atoms with Crippen LogP contribution in [0.4, 0.5) is 5.69 Å². The lowest BCUT2D eigenvalue weighted by molar-refractivity contribution is -0.123. The third-order valence-corrected chi connectivity index (χ3v) is 8.31. The molecule has 4 N–H and O–H groups in total. The van der Waals surface area contributed by atoms with E-state index in [1.807, 2.05) is 12.1 Å². The molecule has 1 saturated heterocycles. The van der Waals surface area contributed by atoms with Crippen LogP contribution in [-0.4, -0.2) is 51.5 Å². The maximum Gasteiger partial charge on any atom is 0.238 e. The van der Waals surface area contributed by atoms with Crippen LogP contribution in [0.5, 0.6) is 5.75 Å². The highest BCUT2D eigenvalue weighted by Crippen LogP contribution is 2.46. The molecule has 2 unspecified atom stereocenters. The van der Waals surface area contributed by atoms with Crippen LogP contribution in [0.3, 0.4) is 0 Å². The van der Waals surface area contributed by atoms with E-state index in [-0.39, 0.29) is 22.2 Å². The molecule has 2 heterocycles. The van der Waals surface area contributed by atoms with E-state index in [1.54, 1.807) is 43.1 Å². The standard InChI is InChI=1S/C22H28N4O4S2/c1-30-17-6-9-19-20(13-17)31-22(25-11-2-3-16(14-25)21(23)27)26(19)12-10-15-4-7-18(8-5-15)32(24,28)29/h4-9,13,16,22H,2-3,10-12,14H2,1H3,(H2,23,27)(H2,24,28,29). The number of nitrogens with zero attached hydrogens (tertiary/aromatic N) is 2. The molecule has 0 aromatic heterocycles. The number of rotatable bonds is 7. The van der Waals surface area contributed by atoms with E-state index in [9.17, 15) is 13.2 Å². The van der Waals surface area contributed by atoms with E-state index < -0.39 is 10.0 Å². The molecule has 172 valence electrons. The monoisotopic (exact) mass is 476 g/mol. The summed E-state index contributed by atoms with van der Waals surface area (Å²) in [5.74, 6) is 0.442. The molecule has 2 aromatic carbocycles. The molecule has 0 saturated carbocycles. The van der Waals surface area contributed by atoms with Crippen molar-refractivity contribution in [2.45, 2.75) is 34.6 Å². The zero-order valence-electron chi connectivity index (χ0n) is 17.9. The number of nitrogens with two attached hydrogens (primary N) is 2. The summed E-state index contributed by atoms with van der Waals surface area (Å²) in [7, 11) is -2.05. The summed E-state index contributed by atoms with van der Waals surface area (Å²) in [6, 6.07) is 12.8. The minimum Gasteiger partial charge on any atom is -0.497 e. The van der Waals surface area contributed by atoms with Crippen molar-refractivity contribution in [2.24, 2.45) is 16.8 Å². The van der Waals surface area contributed by atoms with Gasteiger partial charge in [0.1, 0.15) is 11.2 Å². The fourth-order valence-corrected chi connectivity index (χ4v) is 6.21. The summed E-state index contributed by atoms with van der Waals surface area (Å²) >= 11 is 1.76. The van der Waals surface area contributed by atoms with Crippen LogP contribution in [0.25, 0.3) is 0 Å². The van der Waals surface area contributed by atoms with Crippen LogP contribution in [0.1, 0.15) is 18.4 Å². The van der Waals surface area contributed by atoms with Crippen molar-refractivity contribution in [1.29, 1.82) is 0 Å². The molecular weight excluding hydrogens is 448 g/mol. The first-order chi connectivity index (χ1) is 15.3. The second-order valence-corrected chi connectivity index (χ2v) is 10.8. The molecule has 8 nitrogen and oxygen atoms in total. The van der Waals surface area contributed by atoms with Crippen LogP contribution in [0, 0.1) is 5.92 Å². The number of hydrogen-bond donors (Lipinski definition) is 2. The summed E-state index contributed by atoms with van der Waals surface area (Å²) in [5, 5.41) is 5.20. The van der Waals surface area contributed by atoms with Gasteiger partial charge < -0.3 is 15.4 Å². The number of methoxy groups -OCH3 is 1. The summed E-state index contributed by atoms with van der Waals surface area (Å²) in [6.07, 6.45) is 2.51. The number of amides is 1. The van der Waals surface area contributed by atoms with Gasteiger partial charge in [0.2, 0.25) is 15.9 Å². The molecule has 0 aliphatic carbocycles. The lowest BCUT2D eigenvalue weighted by atomic mass is 9.98. The van der Waals surface area contributed by atoms with Gasteiger partial charge >= 0.3 is 0 Å². The van der Waals surface area contributed by atoms with Gasteiger partial charge in [-0.25, -0.2) is 13.6 Å². The molecule has 0 spiro atoms. The maximum atomic E-state index is 11.8. The highest BCUT2D eigenvalue weighted by atomic mass is 32.2. The Morgan fingerprint density at radius 3 is 2.62 bits per heavy atom. The van der Waals surface area contributed by atoms with Crippen LogP contribution >= 0.6 is 11.8 Å². The van der Waals surface area contributed by atoms with Crippen molar-refractivity contribution in [2.75, 3.05) is 31.6 Å². The smallest absolute Gasteiger partial charge is 0.238 e. The SMILES string of the molecule is COc1ccc2c(c1)SC(N1CCCC(C(N)=O)C1)N2CCc1ccc(S(N)(=O)=O)cc1. The second-order valence-electron chi connectivity index (χ2n) is 8.15. The fourth-order valence-electron chi connectivity index (χ4n) is 4.29. The van der Waals surface area contributed by atoms with Crippen molar-refractivity contribution in [3.05, 3.63) is 48.0 Å². The van der Waals surface area contributed by atoms with Crippen LogP contribution < -0.4 is 20.5 Å². The average Bonchev–Trinajstić information content (AvgIpc) is 3.15. The molecule has 0 radical (unpaired) electrons. The number of fused-ring (bicyclic) bond motifs is 1. The zero-order valence-corrected chi connectivity index (χ0v) is 19.6. The predicted molar refractivity (Wildman–Crippen MR) is 125 cm³/mol. The number of anilines is 1. The van der Waals surface area contributed by atoms with Crippen molar-refractivity contribution in [3.8, 4) is 5.75 Å². The lowest BCUT2D eigenvalue weighted by Crippen LogP contribution is -2.51. The Bertz CT molecular complexity index is 1090. The van der Waals surface area contributed by atoms with Crippen LogP contribution in [0.2, 0.25) is 0 Å². The highest BCUT2D eigenvalue weighted by molar-refractivity contribution is 8.00. The molecule has 2 aliphatic rings. The number of likely N-dealkylation sites (tertiary alicyclic amines) is 1. The number of sulfonamides is 1. The largest absolute Gasteiger partial charge is 0.497 e. The molecule has 2 aromatic rings. The van der Waals surface area contributed by atoms with E-state index in [2.05, 4.69) is 15.9 Å². The number of primary sulfonamides is 1. The fraction of sp³-hybridized carbons (Fsp3) is 0.409. The van der Waals surface area contributed by atoms with Gasteiger partial charge in [0, 0.05) is 24.5 Å². The van der Waals surface area contributed by atoms with E-state index in [1.165, 1.54) is 0 Å². The van der Waals surface area contributed by atoms with E-state index in [4.69, 9.17) is 15.6 Å². The Morgan fingerprint density at radius 2 is 1.97 bits per heavy atom. The molecule has 4 rings (SSSR count). The van der Waals surface area contributed by atoms with Crippen LogP contribution in [0.15, 0.2) is 52.3 Å². The Kier molecular flexibility index (Phi) is 6.66. The molecular formula is C22H28N4O4S2. The lowest BCUT2D eigenvalue weighted by Gasteiger charge is -2.39. The quantitative estimate of drug-likeness (QED) is 0.627. The van der Waals surface area contributed by atoms with Crippen molar-refractivity contribution < 1.29 is 17.9 Å². The number of carbonyl (C=O) groups excluding carboxylic acids is 1. The second kappa shape index (κ2) is 9.30. The molecule has 10 heteroatoms. The molecule has 2 atom stereocenters. The first-order valence-corrected chi connectivity index (χ1v) is 13.0. The topological polar surface area (TPSA) is 119 Å². The van der Waals surface area contributed by atoms with Gasteiger partial charge in [0.25, 0.3) is 0 Å². The predicted octanol–water partition coefficient (Wildman–Crippen LogP) is 1.98. The Labute approximate surface area is 192 Å². The highest BCUT2D eigenvalue weighted by Gasteiger charge is 2.37. The summed E-state index contributed by atoms with van der Waals surface area (Å²) in [6.45, 7) is 2.30. The molecule has 1 fully saturated rings. The minimum atomic E-state index is -3.70. The molecule has 0 bridgehead atoms. The number of primary amides is 1. The average molecular weight is 477 g/mol. The van der Waals surface area contributed by atoms with E-state index in [0.717, 1.165) is 54.2 Å². The van der Waals surface area contributed by atoms with Crippen molar-refractivity contribution in [3.63, 3.8) is 0 Å². The third kappa shape index (κ3) is 4.88. The van der Waals surface area contributed by atoms with E-state index >= 15 is 0 Å². The first-order valence-electron chi connectivity index (χ1n) is 10.5. The van der Waals surface area contributed by atoms with Gasteiger partial charge in [0.05, 0.1) is 23.6 Å². The first kappa shape index (κ1) is 22.9. The van der Waals surface area contributed by atoms with Gasteiger partial charge in [-0.1, -0.05) is 23.9 Å². The summed E-state index contributed by atoms with van der Waals surface area (Å²) in [4.78, 5) is 17.7. The molecule has 1 amide bonds. The summed E-state index contributed by atoms with van der Waals surface area (Å²) < 4.78 is 28.4. The normalized spacial score (nSPS) is 21.4. The van der Waals surface area contributed by atoms with Gasteiger partial charge in [-0.15, -0.1) is 0 Å². The number of piperidine rings is 1. The maximum absolute atomic E-state index is 11.8. The van der Waals surface area contributed by atoms with Gasteiger partial charge in [-0.05, 0) is 55.2 Å². The minimum absolute atomic E-state index is 0.0583. The van der Waals surface area contributed by atoms with Crippen LogP contribution in [-0.2, 0) is 21.2 Å². The third-order valence-electron chi connectivity index (χ3n) is 6.04.